The summed E-state index contributed by atoms with van der Waals surface area (Å²) in [5, 5.41) is 17.0. The summed E-state index contributed by atoms with van der Waals surface area (Å²) in [4.78, 5) is 20.8. The van der Waals surface area contributed by atoms with E-state index < -0.39 is 23.4 Å². The number of rotatable bonds is 4. The third-order valence-electron chi connectivity index (χ3n) is 2.32. The third kappa shape index (κ3) is 1.55. The molecule has 1 saturated carbocycles. The minimum absolute atomic E-state index is 0.138. The van der Waals surface area contributed by atoms with E-state index in [4.69, 9.17) is 15.9 Å². The maximum Gasteiger partial charge on any atom is 0.321 e. The minimum atomic E-state index is -1.12. The van der Waals surface area contributed by atoms with Crippen molar-refractivity contribution in [3.63, 3.8) is 0 Å². The predicted octanol–water partition coefficient (Wildman–Crippen LogP) is -0.347. The summed E-state index contributed by atoms with van der Waals surface area (Å²) in [6.45, 7) is 0. The highest BCUT2D eigenvalue weighted by molar-refractivity contribution is 5.77. The lowest BCUT2D eigenvalue weighted by atomic mass is 9.93. The van der Waals surface area contributed by atoms with E-state index in [-0.39, 0.29) is 6.42 Å². The van der Waals surface area contributed by atoms with Gasteiger partial charge in [0.1, 0.15) is 6.04 Å². The fourth-order valence-corrected chi connectivity index (χ4v) is 1.32. The first kappa shape index (κ1) is 8.99. The molecule has 0 bridgehead atoms. The fraction of sp³-hybridized carbons (Fsp3) is 0.714. The molecule has 1 aliphatic carbocycles. The summed E-state index contributed by atoms with van der Waals surface area (Å²) >= 11 is 0. The van der Waals surface area contributed by atoms with Crippen LogP contribution in [-0.2, 0) is 9.59 Å². The molecule has 0 aromatic rings. The number of carboxylic acid groups (broad SMARTS) is 2. The Balaban J connectivity index is 2.60. The van der Waals surface area contributed by atoms with Crippen molar-refractivity contribution in [2.24, 2.45) is 11.1 Å². The van der Waals surface area contributed by atoms with Crippen LogP contribution in [0.2, 0.25) is 0 Å². The Morgan fingerprint density at radius 2 is 1.92 bits per heavy atom. The van der Waals surface area contributed by atoms with E-state index >= 15 is 0 Å². The number of carbonyl (C=O) groups is 2. The molecule has 1 unspecified atom stereocenters. The zero-order valence-electron chi connectivity index (χ0n) is 6.49. The zero-order valence-corrected chi connectivity index (χ0v) is 6.49. The maximum atomic E-state index is 10.4. The van der Waals surface area contributed by atoms with Gasteiger partial charge in [-0.3, -0.25) is 9.59 Å². The molecule has 0 heterocycles. The molecule has 0 aromatic heterocycles. The summed E-state index contributed by atoms with van der Waals surface area (Å²) in [7, 11) is 0. The Hall–Kier alpha value is -1.10. The highest BCUT2D eigenvalue weighted by Gasteiger charge is 2.52. The van der Waals surface area contributed by atoms with Crippen molar-refractivity contribution in [3.8, 4) is 0 Å². The standard InChI is InChI=1S/C7H11NO4/c8-5(6(11)12)7(1-2-7)3-4(9)10/h5H,1-3,8H2,(H,9,10)(H,11,12). The summed E-state index contributed by atoms with van der Waals surface area (Å²) < 4.78 is 0. The normalized spacial score (nSPS) is 21.4. The molecule has 4 N–H and O–H groups in total. The van der Waals surface area contributed by atoms with Crippen molar-refractivity contribution in [3.05, 3.63) is 0 Å². The molecule has 0 spiro atoms. The summed E-state index contributed by atoms with van der Waals surface area (Å²) in [5.41, 5.74) is 4.67. The van der Waals surface area contributed by atoms with Gasteiger partial charge in [-0.15, -0.1) is 0 Å². The van der Waals surface area contributed by atoms with E-state index in [1.54, 1.807) is 0 Å². The Morgan fingerprint density at radius 3 is 2.17 bits per heavy atom. The van der Waals surface area contributed by atoms with Crippen molar-refractivity contribution < 1.29 is 19.8 Å². The first-order chi connectivity index (χ1) is 5.48. The smallest absolute Gasteiger partial charge is 0.321 e. The highest BCUT2D eigenvalue weighted by atomic mass is 16.4. The average molecular weight is 173 g/mol. The fourth-order valence-electron chi connectivity index (χ4n) is 1.32. The monoisotopic (exact) mass is 173 g/mol. The van der Waals surface area contributed by atoms with Crippen LogP contribution >= 0.6 is 0 Å². The second kappa shape index (κ2) is 2.75. The predicted molar refractivity (Wildman–Crippen MR) is 39.5 cm³/mol. The van der Waals surface area contributed by atoms with Crippen LogP contribution in [0.5, 0.6) is 0 Å². The lowest BCUT2D eigenvalue weighted by molar-refractivity contribution is -0.142. The van der Waals surface area contributed by atoms with E-state index in [1.165, 1.54) is 0 Å². The van der Waals surface area contributed by atoms with Crippen molar-refractivity contribution in [2.75, 3.05) is 0 Å². The molecule has 1 rings (SSSR count). The van der Waals surface area contributed by atoms with E-state index in [0.29, 0.717) is 12.8 Å². The van der Waals surface area contributed by atoms with Gasteiger partial charge in [-0.2, -0.15) is 0 Å². The molecule has 0 aromatic carbocycles. The van der Waals surface area contributed by atoms with Crippen LogP contribution in [0, 0.1) is 5.41 Å². The quantitative estimate of drug-likeness (QED) is 0.539. The number of aliphatic carboxylic acids is 2. The van der Waals surface area contributed by atoms with Crippen LogP contribution in [0.1, 0.15) is 19.3 Å². The van der Waals surface area contributed by atoms with Crippen molar-refractivity contribution in [1.29, 1.82) is 0 Å². The molecule has 12 heavy (non-hydrogen) atoms. The van der Waals surface area contributed by atoms with Crippen molar-refractivity contribution in [1.82, 2.24) is 0 Å². The van der Waals surface area contributed by atoms with E-state index in [0.717, 1.165) is 0 Å². The summed E-state index contributed by atoms with van der Waals surface area (Å²) in [5.74, 6) is -2.10. The topological polar surface area (TPSA) is 101 Å². The van der Waals surface area contributed by atoms with E-state index in [9.17, 15) is 9.59 Å². The molecule has 0 radical (unpaired) electrons. The second-order valence-electron chi connectivity index (χ2n) is 3.25. The molecule has 0 amide bonds. The first-order valence-electron chi connectivity index (χ1n) is 3.68. The molecule has 5 heteroatoms. The van der Waals surface area contributed by atoms with Gasteiger partial charge in [0.2, 0.25) is 0 Å². The van der Waals surface area contributed by atoms with Crippen molar-refractivity contribution >= 4 is 11.9 Å². The molecule has 1 fully saturated rings. The second-order valence-corrected chi connectivity index (χ2v) is 3.25. The first-order valence-corrected chi connectivity index (χ1v) is 3.68. The Bertz CT molecular complexity index is 221. The number of hydrogen-bond acceptors (Lipinski definition) is 3. The SMILES string of the molecule is NC(C(=O)O)C1(CC(=O)O)CC1. The van der Waals surface area contributed by atoms with Crippen LogP contribution < -0.4 is 5.73 Å². The van der Waals surface area contributed by atoms with Gasteiger partial charge >= 0.3 is 11.9 Å². The van der Waals surface area contributed by atoms with E-state index in [2.05, 4.69) is 0 Å². The van der Waals surface area contributed by atoms with E-state index in [1.807, 2.05) is 0 Å². The van der Waals surface area contributed by atoms with Gasteiger partial charge < -0.3 is 15.9 Å². The van der Waals surface area contributed by atoms with Gasteiger partial charge in [0.05, 0.1) is 6.42 Å². The van der Waals surface area contributed by atoms with Crippen LogP contribution in [-0.4, -0.2) is 28.2 Å². The number of nitrogens with two attached hydrogens (primary N) is 1. The third-order valence-corrected chi connectivity index (χ3v) is 2.32. The molecule has 5 nitrogen and oxygen atoms in total. The van der Waals surface area contributed by atoms with Crippen LogP contribution in [0.25, 0.3) is 0 Å². The average Bonchev–Trinajstić information content (AvgIpc) is 2.66. The molecule has 0 saturated heterocycles. The van der Waals surface area contributed by atoms with Gasteiger partial charge in [-0.05, 0) is 12.8 Å². The molecule has 1 aliphatic rings. The minimum Gasteiger partial charge on any atom is -0.481 e. The Labute approximate surface area is 69.2 Å². The summed E-state index contributed by atoms with van der Waals surface area (Å²) in [6.07, 6.45) is 1.07. The molecule has 0 aliphatic heterocycles. The lowest BCUT2D eigenvalue weighted by Gasteiger charge is -2.16. The van der Waals surface area contributed by atoms with Crippen LogP contribution in [0.3, 0.4) is 0 Å². The van der Waals surface area contributed by atoms with Crippen LogP contribution in [0.4, 0.5) is 0 Å². The Kier molecular flexibility index (Phi) is 2.06. The van der Waals surface area contributed by atoms with Gasteiger partial charge in [0.15, 0.2) is 0 Å². The molecule has 1 atom stereocenters. The van der Waals surface area contributed by atoms with Gasteiger partial charge in [-0.25, -0.2) is 0 Å². The van der Waals surface area contributed by atoms with Crippen LogP contribution in [0.15, 0.2) is 0 Å². The maximum absolute atomic E-state index is 10.4. The van der Waals surface area contributed by atoms with Gasteiger partial charge in [0.25, 0.3) is 0 Å². The van der Waals surface area contributed by atoms with Gasteiger partial charge in [-0.1, -0.05) is 0 Å². The van der Waals surface area contributed by atoms with Gasteiger partial charge in [0, 0.05) is 5.41 Å². The largest absolute Gasteiger partial charge is 0.481 e. The molecular formula is C7H11NO4. The summed E-state index contributed by atoms with van der Waals surface area (Å²) in [6, 6.07) is -1.03. The molecule has 68 valence electrons. The zero-order chi connectivity index (χ0) is 9.35. The van der Waals surface area contributed by atoms with Crippen molar-refractivity contribution in [2.45, 2.75) is 25.3 Å². The molecular weight excluding hydrogens is 162 g/mol. The lowest BCUT2D eigenvalue weighted by Crippen LogP contribution is -2.40. The number of carboxylic acids is 2. The highest BCUT2D eigenvalue weighted by Crippen LogP contribution is 2.51. The Morgan fingerprint density at radius 1 is 1.42 bits per heavy atom. The number of hydrogen-bond donors (Lipinski definition) is 3.